The number of halogens is 1. The summed E-state index contributed by atoms with van der Waals surface area (Å²) in [5, 5.41) is 12.3. The Morgan fingerprint density at radius 1 is 1.10 bits per heavy atom. The first-order valence-corrected chi connectivity index (χ1v) is 6.38. The number of nitrogens with one attached hydrogen (secondary N) is 3. The van der Waals surface area contributed by atoms with E-state index in [-0.39, 0.29) is 16.4 Å². The molecule has 0 saturated heterocycles. The van der Waals surface area contributed by atoms with E-state index in [1.165, 1.54) is 30.3 Å². The molecule has 0 fully saturated rings. The Labute approximate surface area is 125 Å². The fraction of sp³-hybridized carbons (Fsp3) is 0. The van der Waals surface area contributed by atoms with E-state index < -0.39 is 11.7 Å². The topological polar surface area (TPSA) is 73.4 Å². The van der Waals surface area contributed by atoms with Gasteiger partial charge < -0.3 is 10.4 Å². The van der Waals surface area contributed by atoms with Crippen LogP contribution in [-0.4, -0.2) is 16.1 Å². The van der Waals surface area contributed by atoms with E-state index in [1.807, 2.05) is 0 Å². The number of phenolic OH excluding ortho intramolecular Hbond substituents is 1. The zero-order valence-corrected chi connectivity index (χ0v) is 11.6. The summed E-state index contributed by atoms with van der Waals surface area (Å²) < 4.78 is 13.0. The summed E-state index contributed by atoms with van der Waals surface area (Å²) in [4.78, 5) is 11.8. The molecule has 0 aliphatic rings. The minimum absolute atomic E-state index is 0.0874. The van der Waals surface area contributed by atoms with Crippen molar-refractivity contribution in [3.05, 3.63) is 59.9 Å². The van der Waals surface area contributed by atoms with Crippen molar-refractivity contribution in [2.75, 3.05) is 5.32 Å². The number of para-hydroxylation sites is 1. The molecule has 0 aliphatic heterocycles. The van der Waals surface area contributed by atoms with Gasteiger partial charge in [-0.1, -0.05) is 18.2 Å². The first-order chi connectivity index (χ1) is 10.1. The van der Waals surface area contributed by atoms with Crippen LogP contribution in [0.3, 0.4) is 0 Å². The summed E-state index contributed by atoms with van der Waals surface area (Å²) in [6.07, 6.45) is 0. The van der Waals surface area contributed by atoms with E-state index in [2.05, 4.69) is 16.2 Å². The maximum atomic E-state index is 13.0. The molecule has 4 N–H and O–H groups in total. The lowest BCUT2D eigenvalue weighted by atomic mass is 10.2. The minimum atomic E-state index is -0.545. The molecule has 0 heterocycles. The van der Waals surface area contributed by atoms with Crippen LogP contribution in [0.2, 0.25) is 0 Å². The average molecular weight is 305 g/mol. The maximum Gasteiger partial charge on any atom is 0.273 e. The summed E-state index contributed by atoms with van der Waals surface area (Å²) >= 11 is 4.96. The van der Waals surface area contributed by atoms with Gasteiger partial charge in [0.15, 0.2) is 5.11 Å². The van der Waals surface area contributed by atoms with Crippen molar-refractivity contribution in [1.82, 2.24) is 10.9 Å². The molecule has 2 rings (SSSR count). The number of hydrazine groups is 1. The molecule has 0 aromatic heterocycles. The zero-order chi connectivity index (χ0) is 15.2. The number of carbonyl (C=O) groups is 1. The number of rotatable bonds is 2. The van der Waals surface area contributed by atoms with Crippen LogP contribution in [0, 0.1) is 5.82 Å². The molecule has 2 aromatic rings. The van der Waals surface area contributed by atoms with Gasteiger partial charge in [-0.05, 0) is 42.5 Å². The quantitative estimate of drug-likeness (QED) is 0.505. The predicted octanol–water partition coefficient (Wildman–Crippen LogP) is 2.16. The summed E-state index contributed by atoms with van der Waals surface area (Å²) in [6, 6.07) is 11.8. The number of hydrogen-bond acceptors (Lipinski definition) is 3. The molecule has 0 atom stereocenters. The molecule has 0 spiro atoms. The number of hydrogen-bond donors (Lipinski definition) is 4. The second-order valence-corrected chi connectivity index (χ2v) is 4.47. The summed E-state index contributed by atoms with van der Waals surface area (Å²) in [5.74, 6) is -1.08. The lowest BCUT2D eigenvalue weighted by Crippen LogP contribution is -2.43. The Balaban J connectivity index is 1.90. The predicted molar refractivity (Wildman–Crippen MR) is 81.3 cm³/mol. The molecule has 0 radical (unpaired) electrons. The molecule has 0 unspecified atom stereocenters. The van der Waals surface area contributed by atoms with Gasteiger partial charge in [-0.3, -0.25) is 15.6 Å². The molecule has 5 nitrogen and oxygen atoms in total. The zero-order valence-electron chi connectivity index (χ0n) is 10.8. The second kappa shape index (κ2) is 6.67. The number of phenols is 1. The van der Waals surface area contributed by atoms with Crippen molar-refractivity contribution in [3.8, 4) is 5.75 Å². The van der Waals surface area contributed by atoms with E-state index in [9.17, 15) is 14.3 Å². The van der Waals surface area contributed by atoms with E-state index in [4.69, 9.17) is 12.2 Å². The normalized spacial score (nSPS) is 9.76. The Bertz CT molecular complexity index is 679. The van der Waals surface area contributed by atoms with Crippen molar-refractivity contribution in [1.29, 1.82) is 0 Å². The van der Waals surface area contributed by atoms with Crippen molar-refractivity contribution in [3.63, 3.8) is 0 Å². The molecule has 2 aromatic carbocycles. The van der Waals surface area contributed by atoms with Crippen LogP contribution in [-0.2, 0) is 0 Å². The van der Waals surface area contributed by atoms with Crippen LogP contribution in [0.15, 0.2) is 48.5 Å². The van der Waals surface area contributed by atoms with Crippen molar-refractivity contribution in [2.24, 2.45) is 0 Å². The lowest BCUT2D eigenvalue weighted by molar-refractivity contribution is 0.0941. The third kappa shape index (κ3) is 4.15. The lowest BCUT2D eigenvalue weighted by Gasteiger charge is -2.12. The van der Waals surface area contributed by atoms with E-state index in [0.29, 0.717) is 5.69 Å². The Kier molecular flexibility index (Phi) is 4.68. The van der Waals surface area contributed by atoms with Gasteiger partial charge in [0.2, 0.25) is 0 Å². The van der Waals surface area contributed by atoms with Crippen molar-refractivity contribution >= 4 is 28.9 Å². The van der Waals surface area contributed by atoms with Crippen LogP contribution in [0.4, 0.5) is 10.1 Å². The molecule has 1 amide bonds. The van der Waals surface area contributed by atoms with E-state index in [1.54, 1.807) is 18.2 Å². The molecule has 7 heteroatoms. The average Bonchev–Trinajstić information content (AvgIpc) is 2.45. The van der Waals surface area contributed by atoms with Gasteiger partial charge in [-0.15, -0.1) is 0 Å². The smallest absolute Gasteiger partial charge is 0.273 e. The molecule has 0 aliphatic carbocycles. The van der Waals surface area contributed by atoms with Crippen molar-refractivity contribution in [2.45, 2.75) is 0 Å². The Hall–Kier alpha value is -2.67. The monoisotopic (exact) mass is 305 g/mol. The highest BCUT2D eigenvalue weighted by atomic mass is 32.1. The molecular formula is C14H12FN3O2S. The highest BCUT2D eigenvalue weighted by Gasteiger charge is 2.10. The number of amides is 1. The number of benzene rings is 2. The van der Waals surface area contributed by atoms with Gasteiger partial charge in [0.25, 0.3) is 5.91 Å². The number of anilines is 1. The summed E-state index contributed by atoms with van der Waals surface area (Å²) in [6.45, 7) is 0. The first-order valence-electron chi connectivity index (χ1n) is 5.97. The van der Waals surface area contributed by atoms with Gasteiger partial charge in [0.05, 0.1) is 5.56 Å². The van der Waals surface area contributed by atoms with E-state index >= 15 is 0 Å². The van der Waals surface area contributed by atoms with Crippen LogP contribution in [0.1, 0.15) is 10.4 Å². The molecule has 0 saturated carbocycles. The number of aromatic hydroxyl groups is 1. The highest BCUT2D eigenvalue weighted by Crippen LogP contribution is 2.14. The third-order valence-electron chi connectivity index (χ3n) is 2.52. The minimum Gasteiger partial charge on any atom is -0.507 e. The summed E-state index contributed by atoms with van der Waals surface area (Å²) in [7, 11) is 0. The van der Waals surface area contributed by atoms with Crippen LogP contribution < -0.4 is 16.2 Å². The Morgan fingerprint density at radius 3 is 2.57 bits per heavy atom. The standard InChI is InChI=1S/C14H12FN3O2S/c15-9-4-3-5-10(8-9)16-14(21)18-17-13(20)11-6-1-2-7-12(11)19/h1-8,19H,(H,17,20)(H2,16,18,21). The molecular weight excluding hydrogens is 293 g/mol. The van der Waals surface area contributed by atoms with Crippen LogP contribution >= 0.6 is 12.2 Å². The SMILES string of the molecule is O=C(NNC(=S)Nc1cccc(F)c1)c1ccccc1O. The van der Waals surface area contributed by atoms with Gasteiger partial charge in [-0.25, -0.2) is 4.39 Å². The number of carbonyl (C=O) groups excluding carboxylic acids is 1. The van der Waals surface area contributed by atoms with Gasteiger partial charge in [0.1, 0.15) is 11.6 Å². The maximum absolute atomic E-state index is 13.0. The fourth-order valence-corrected chi connectivity index (χ4v) is 1.74. The molecule has 21 heavy (non-hydrogen) atoms. The highest BCUT2D eigenvalue weighted by molar-refractivity contribution is 7.80. The largest absolute Gasteiger partial charge is 0.507 e. The number of thiocarbonyl (C=S) groups is 1. The Morgan fingerprint density at radius 2 is 1.86 bits per heavy atom. The van der Waals surface area contributed by atoms with E-state index in [0.717, 1.165) is 0 Å². The first kappa shape index (κ1) is 14.7. The van der Waals surface area contributed by atoms with Crippen molar-refractivity contribution < 1.29 is 14.3 Å². The van der Waals surface area contributed by atoms with Gasteiger partial charge in [-0.2, -0.15) is 0 Å². The van der Waals surface area contributed by atoms with Crippen LogP contribution in [0.5, 0.6) is 5.75 Å². The second-order valence-electron chi connectivity index (χ2n) is 4.06. The molecule has 0 bridgehead atoms. The summed E-state index contributed by atoms with van der Waals surface area (Å²) in [5.41, 5.74) is 5.35. The van der Waals surface area contributed by atoms with Gasteiger partial charge >= 0.3 is 0 Å². The van der Waals surface area contributed by atoms with Gasteiger partial charge in [0, 0.05) is 5.69 Å². The fourth-order valence-electron chi connectivity index (χ4n) is 1.58. The third-order valence-corrected chi connectivity index (χ3v) is 2.72. The molecule has 108 valence electrons. The van der Waals surface area contributed by atoms with Crippen LogP contribution in [0.25, 0.3) is 0 Å².